The highest BCUT2D eigenvalue weighted by molar-refractivity contribution is 6.00. The lowest BCUT2D eigenvalue weighted by Gasteiger charge is -2.91. The van der Waals surface area contributed by atoms with Crippen molar-refractivity contribution in [3.8, 4) is 11.3 Å². The zero-order valence-electron chi connectivity index (χ0n) is 20.0. The maximum Gasteiger partial charge on any atom is 0.437 e. The molecule has 4 saturated carbocycles. The van der Waals surface area contributed by atoms with Gasteiger partial charge in [-0.05, 0) is 87.3 Å². The highest BCUT2D eigenvalue weighted by Crippen LogP contribution is 2.92. The lowest BCUT2D eigenvalue weighted by Crippen LogP contribution is -2.87. The monoisotopic (exact) mass is 460 g/mol. The molecule has 0 saturated heterocycles. The normalized spacial score (nSPS) is 32.7. The average molecular weight is 461 g/mol. The number of carbonyl (C=O) groups is 2. The minimum Gasteiger partial charge on any atom is -0.442 e. The van der Waals surface area contributed by atoms with E-state index < -0.39 is 11.7 Å². The summed E-state index contributed by atoms with van der Waals surface area (Å²) in [7, 11) is 0. The summed E-state index contributed by atoms with van der Waals surface area (Å²) in [4.78, 5) is 28.7. The highest BCUT2D eigenvalue weighted by atomic mass is 16.6. The molecule has 2 amide bonds. The molecule has 1 aromatic carbocycles. The topological polar surface area (TPSA) is 98.7 Å². The van der Waals surface area contributed by atoms with Gasteiger partial charge in [-0.25, -0.2) is 4.79 Å². The Morgan fingerprint density at radius 3 is 2.35 bits per heavy atom. The number of aromatic nitrogens is 1. The van der Waals surface area contributed by atoms with Gasteiger partial charge in [0.25, 0.3) is 0 Å². The number of carbonyl (C=O) groups excluding carboxylic acids is 2. The molecule has 1 spiro atoms. The molecule has 4 fully saturated rings. The van der Waals surface area contributed by atoms with Gasteiger partial charge in [0.15, 0.2) is 0 Å². The molecule has 0 radical (unpaired) electrons. The maximum atomic E-state index is 13.0. The van der Waals surface area contributed by atoms with Gasteiger partial charge in [0.1, 0.15) is 12.1 Å². The summed E-state index contributed by atoms with van der Waals surface area (Å²) in [6.07, 6.45) is 4.44. The van der Waals surface area contributed by atoms with Gasteiger partial charge in [0.05, 0.1) is 0 Å². The van der Waals surface area contributed by atoms with E-state index in [1.165, 1.54) is 31.4 Å². The van der Waals surface area contributed by atoms with Gasteiger partial charge in [-0.3, -0.25) is 10.1 Å². The molecule has 0 bridgehead atoms. The Balaban J connectivity index is 1.27. The van der Waals surface area contributed by atoms with Gasteiger partial charge >= 0.3 is 6.09 Å². The summed E-state index contributed by atoms with van der Waals surface area (Å²) in [6.45, 7) is 5.36. The molecule has 4 aliphatic rings. The van der Waals surface area contributed by atoms with E-state index in [2.05, 4.69) is 39.1 Å². The molecule has 2 atom stereocenters. The van der Waals surface area contributed by atoms with Crippen LogP contribution in [0.4, 0.5) is 4.79 Å². The Labute approximate surface area is 199 Å². The first kappa shape index (κ1) is 21.4. The number of nitrogens with zero attached hydrogens (tertiary/aromatic N) is 2. The molecule has 34 heavy (non-hydrogen) atoms. The average Bonchev–Trinajstić information content (AvgIpc) is 3.08. The number of ether oxygens (including phenoxy) is 1. The molecule has 178 valence electrons. The van der Waals surface area contributed by atoms with E-state index in [0.29, 0.717) is 5.41 Å². The Morgan fingerprint density at radius 1 is 1.09 bits per heavy atom. The summed E-state index contributed by atoms with van der Waals surface area (Å²) >= 11 is 0. The number of aliphatic imine (C=N–C) groups is 1. The fourth-order valence-corrected chi connectivity index (χ4v) is 8.02. The lowest BCUT2D eigenvalue weighted by molar-refractivity contribution is -0.396. The van der Waals surface area contributed by atoms with Crippen LogP contribution in [0.2, 0.25) is 0 Å². The van der Waals surface area contributed by atoms with E-state index in [9.17, 15) is 9.59 Å². The number of rotatable bonds is 4. The van der Waals surface area contributed by atoms with Gasteiger partial charge in [0.2, 0.25) is 11.9 Å². The first-order chi connectivity index (χ1) is 16.1. The first-order valence-corrected chi connectivity index (χ1v) is 12.3. The van der Waals surface area contributed by atoms with Crippen LogP contribution in [0, 0.1) is 23.2 Å². The molecule has 4 aliphatic carbocycles. The molecule has 7 heteroatoms. The number of guanidine groups is 1. The standard InChI is InChI=1S/C27H32N4O3/c1-25(2,3)34-24(33)30-23(28)29-22(32)15-31-20(16-7-5-4-6-8-16)9-10-21(31)26-13-18-11-17-12-19(14-26)27(17,18)26/h4-10,17-19H,11-15H2,1-3H3,(H3,28,29,30,32,33). The second-order valence-corrected chi connectivity index (χ2v) is 11.6. The minimum atomic E-state index is -0.822. The van der Waals surface area contributed by atoms with Crippen LogP contribution in [0.5, 0.6) is 0 Å². The number of amides is 2. The molecular weight excluding hydrogens is 428 g/mol. The molecule has 6 rings (SSSR count). The second kappa shape index (κ2) is 6.96. The van der Waals surface area contributed by atoms with Crippen molar-refractivity contribution in [3.05, 3.63) is 48.2 Å². The molecule has 2 aromatic rings. The zero-order valence-corrected chi connectivity index (χ0v) is 20.0. The van der Waals surface area contributed by atoms with Crippen molar-refractivity contribution in [2.45, 2.75) is 64.0 Å². The van der Waals surface area contributed by atoms with Crippen molar-refractivity contribution >= 4 is 18.0 Å². The van der Waals surface area contributed by atoms with E-state index in [1.807, 2.05) is 18.2 Å². The number of hydrogen-bond donors (Lipinski definition) is 2. The summed E-state index contributed by atoms with van der Waals surface area (Å²) in [5, 5.41) is 2.57. The Kier molecular flexibility index (Phi) is 4.39. The molecular formula is C27H32N4O3. The Hall–Kier alpha value is -3.09. The summed E-state index contributed by atoms with van der Waals surface area (Å²) in [5.74, 6) is 2.06. The van der Waals surface area contributed by atoms with Crippen LogP contribution in [-0.2, 0) is 21.5 Å². The summed E-state index contributed by atoms with van der Waals surface area (Å²) in [6, 6.07) is 14.6. The van der Waals surface area contributed by atoms with E-state index in [1.54, 1.807) is 20.8 Å². The van der Waals surface area contributed by atoms with Crippen molar-refractivity contribution in [1.29, 1.82) is 0 Å². The predicted molar refractivity (Wildman–Crippen MR) is 129 cm³/mol. The molecule has 3 N–H and O–H groups in total. The van der Waals surface area contributed by atoms with E-state index in [-0.39, 0.29) is 23.8 Å². The fourth-order valence-electron chi connectivity index (χ4n) is 8.02. The summed E-state index contributed by atoms with van der Waals surface area (Å²) < 4.78 is 7.32. The van der Waals surface area contributed by atoms with Crippen LogP contribution in [0.25, 0.3) is 11.3 Å². The Morgan fingerprint density at radius 2 is 1.76 bits per heavy atom. The third-order valence-corrected chi connectivity index (χ3v) is 8.90. The first-order valence-electron chi connectivity index (χ1n) is 12.3. The molecule has 0 aliphatic heterocycles. The predicted octanol–water partition coefficient (Wildman–Crippen LogP) is 4.21. The lowest BCUT2D eigenvalue weighted by atomic mass is 9.13. The smallest absolute Gasteiger partial charge is 0.437 e. The van der Waals surface area contributed by atoms with Gasteiger partial charge in [-0.15, -0.1) is 4.99 Å². The van der Waals surface area contributed by atoms with Crippen molar-refractivity contribution < 1.29 is 14.3 Å². The minimum absolute atomic E-state index is 0.120. The largest absolute Gasteiger partial charge is 0.442 e. The third-order valence-electron chi connectivity index (χ3n) is 8.90. The van der Waals surface area contributed by atoms with Crippen molar-refractivity contribution in [1.82, 2.24) is 9.88 Å². The van der Waals surface area contributed by atoms with Gasteiger partial charge < -0.3 is 15.0 Å². The van der Waals surface area contributed by atoms with E-state index in [4.69, 9.17) is 10.5 Å². The number of benzene rings is 1. The van der Waals surface area contributed by atoms with Crippen LogP contribution in [-0.4, -0.2) is 28.1 Å². The molecule has 1 aromatic heterocycles. The van der Waals surface area contributed by atoms with Crippen molar-refractivity contribution in [2.24, 2.45) is 33.9 Å². The highest BCUT2D eigenvalue weighted by Gasteiger charge is 2.88. The van der Waals surface area contributed by atoms with E-state index >= 15 is 0 Å². The van der Waals surface area contributed by atoms with Gasteiger partial charge in [-0.1, -0.05) is 30.3 Å². The van der Waals surface area contributed by atoms with Gasteiger partial charge in [-0.2, -0.15) is 0 Å². The fraction of sp³-hybridized carbons (Fsp3) is 0.519. The number of nitrogens with one attached hydrogen (secondary N) is 1. The van der Waals surface area contributed by atoms with Gasteiger partial charge in [0, 0.05) is 16.8 Å². The van der Waals surface area contributed by atoms with Crippen molar-refractivity contribution in [2.75, 3.05) is 0 Å². The quantitative estimate of drug-likeness (QED) is 0.527. The van der Waals surface area contributed by atoms with Crippen LogP contribution in [0.15, 0.2) is 47.5 Å². The van der Waals surface area contributed by atoms with Crippen LogP contribution in [0.3, 0.4) is 0 Å². The Bertz CT molecular complexity index is 1180. The number of hydrogen-bond acceptors (Lipinski definition) is 3. The molecule has 1 heterocycles. The third kappa shape index (κ3) is 2.79. The SMILES string of the molecule is CC(C)(C)OC(=O)/N=C(\N)NC(=O)Cn1c(-c2ccccc2)ccc1C12CC3CC4CC(C1)C432. The van der Waals surface area contributed by atoms with E-state index in [0.717, 1.165) is 29.0 Å². The molecule has 2 unspecified atom stereocenters. The van der Waals surface area contributed by atoms with Crippen molar-refractivity contribution in [3.63, 3.8) is 0 Å². The number of nitrogens with two attached hydrogens (primary N) is 1. The van der Waals surface area contributed by atoms with Crippen LogP contribution >= 0.6 is 0 Å². The maximum absolute atomic E-state index is 13.0. The zero-order chi connectivity index (χ0) is 23.9. The van der Waals surface area contributed by atoms with Crippen LogP contribution in [0.1, 0.15) is 52.1 Å². The second-order valence-electron chi connectivity index (χ2n) is 11.6. The molecule has 7 nitrogen and oxygen atoms in total. The van der Waals surface area contributed by atoms with Crippen LogP contribution < -0.4 is 11.1 Å². The summed E-state index contributed by atoms with van der Waals surface area (Å²) in [5.41, 5.74) is 9.27.